The van der Waals surface area contributed by atoms with Crippen LogP contribution in [0.1, 0.15) is 53.7 Å². The van der Waals surface area contributed by atoms with E-state index in [1.807, 2.05) is 30.3 Å². The third kappa shape index (κ3) is 3.39. The van der Waals surface area contributed by atoms with Gasteiger partial charge in [-0.15, -0.1) is 0 Å². The quantitative estimate of drug-likeness (QED) is 0.594. The molecule has 0 bridgehead atoms. The summed E-state index contributed by atoms with van der Waals surface area (Å²) in [5.74, 6) is -0.256. The van der Waals surface area contributed by atoms with Crippen molar-refractivity contribution in [3.8, 4) is 0 Å². The van der Waals surface area contributed by atoms with Crippen LogP contribution < -0.4 is 15.5 Å². The molecule has 2 heterocycles. The van der Waals surface area contributed by atoms with E-state index in [1.54, 1.807) is 4.90 Å². The highest BCUT2D eigenvalue weighted by Crippen LogP contribution is 2.41. The average molecular weight is 426 g/mol. The molecule has 2 N–H and O–H groups in total. The molecule has 5 rings (SSSR count). The first-order valence-corrected chi connectivity index (χ1v) is 11.2. The molecule has 5 heteroatoms. The minimum absolute atomic E-state index is 0.0981. The smallest absolute Gasteiger partial charge is 0.259 e. The van der Waals surface area contributed by atoms with Crippen molar-refractivity contribution >= 4 is 28.3 Å². The molecule has 2 amide bonds. The standard InChI is InChI=1S/C27H27N3O2/c1-3-22(18-8-5-4-6-9-18)28-16-19-13-14-21-25-20(19)10-7-11-23(25)30(27(21)32)24-15-12-17(2)29-26(24)31/h4-11,13-14,22,24,28H,2-3,12,15-16H2,1H3,(H,29,31). The van der Waals surface area contributed by atoms with Crippen molar-refractivity contribution in [2.75, 3.05) is 4.90 Å². The lowest BCUT2D eigenvalue weighted by atomic mass is 9.99. The van der Waals surface area contributed by atoms with Crippen molar-refractivity contribution in [3.63, 3.8) is 0 Å². The second-order valence-corrected chi connectivity index (χ2v) is 8.55. The van der Waals surface area contributed by atoms with Crippen LogP contribution in [0.5, 0.6) is 0 Å². The third-order valence-corrected chi connectivity index (χ3v) is 6.60. The number of piperidine rings is 1. The number of rotatable bonds is 6. The minimum Gasteiger partial charge on any atom is -0.329 e. The van der Waals surface area contributed by atoms with E-state index < -0.39 is 6.04 Å². The highest BCUT2D eigenvalue weighted by Gasteiger charge is 2.39. The van der Waals surface area contributed by atoms with Gasteiger partial charge < -0.3 is 10.6 Å². The maximum Gasteiger partial charge on any atom is 0.259 e. The summed E-state index contributed by atoms with van der Waals surface area (Å²) in [6.45, 7) is 6.73. The topological polar surface area (TPSA) is 61.4 Å². The summed E-state index contributed by atoms with van der Waals surface area (Å²) in [4.78, 5) is 27.6. The Labute approximate surface area is 188 Å². The first kappa shape index (κ1) is 20.5. The number of nitrogens with one attached hydrogen (secondary N) is 2. The zero-order chi connectivity index (χ0) is 22.2. The number of allylic oxidation sites excluding steroid dienone is 1. The van der Waals surface area contributed by atoms with Gasteiger partial charge in [-0.25, -0.2) is 0 Å². The van der Waals surface area contributed by atoms with E-state index in [2.05, 4.69) is 54.5 Å². The second kappa shape index (κ2) is 8.24. The number of nitrogens with zero attached hydrogens (tertiary/aromatic N) is 1. The number of hydrogen-bond acceptors (Lipinski definition) is 3. The normalized spacial score (nSPS) is 18.8. The lowest BCUT2D eigenvalue weighted by Crippen LogP contribution is -2.51. The molecule has 0 spiro atoms. The fourth-order valence-electron chi connectivity index (χ4n) is 4.95. The van der Waals surface area contributed by atoms with E-state index in [0.717, 1.165) is 28.4 Å². The summed E-state index contributed by atoms with van der Waals surface area (Å²) in [6, 6.07) is 20.2. The van der Waals surface area contributed by atoms with Gasteiger partial charge in [0.05, 0.1) is 5.69 Å². The molecule has 2 aliphatic heterocycles. The summed E-state index contributed by atoms with van der Waals surface area (Å²) in [7, 11) is 0. The zero-order valence-corrected chi connectivity index (χ0v) is 18.2. The predicted octanol–water partition coefficient (Wildman–Crippen LogP) is 4.83. The Balaban J connectivity index is 1.47. The summed E-state index contributed by atoms with van der Waals surface area (Å²) in [5, 5.41) is 8.50. The molecule has 0 aliphatic carbocycles. The number of carbonyl (C=O) groups excluding carboxylic acids is 2. The van der Waals surface area contributed by atoms with E-state index in [-0.39, 0.29) is 17.9 Å². The van der Waals surface area contributed by atoms with Crippen molar-refractivity contribution in [1.82, 2.24) is 10.6 Å². The van der Waals surface area contributed by atoms with Crippen LogP contribution in [0.4, 0.5) is 5.69 Å². The van der Waals surface area contributed by atoms with Crippen LogP contribution in [0.3, 0.4) is 0 Å². The number of benzene rings is 3. The molecule has 0 saturated carbocycles. The largest absolute Gasteiger partial charge is 0.329 e. The zero-order valence-electron chi connectivity index (χ0n) is 18.2. The molecule has 2 atom stereocenters. The highest BCUT2D eigenvalue weighted by molar-refractivity contribution is 6.27. The van der Waals surface area contributed by atoms with Crippen molar-refractivity contribution in [1.29, 1.82) is 0 Å². The van der Waals surface area contributed by atoms with Crippen LogP contribution in [0, 0.1) is 0 Å². The Kier molecular flexibility index (Phi) is 5.27. The molecular weight excluding hydrogens is 398 g/mol. The lowest BCUT2D eigenvalue weighted by molar-refractivity contribution is -0.122. The minimum atomic E-state index is -0.505. The van der Waals surface area contributed by atoms with E-state index in [1.165, 1.54) is 5.56 Å². The molecule has 162 valence electrons. The first-order valence-electron chi connectivity index (χ1n) is 11.2. The van der Waals surface area contributed by atoms with Crippen LogP contribution in [-0.2, 0) is 11.3 Å². The number of anilines is 1. The van der Waals surface area contributed by atoms with Gasteiger partial charge in [0.1, 0.15) is 6.04 Å². The highest BCUT2D eigenvalue weighted by atomic mass is 16.2. The number of amides is 2. The predicted molar refractivity (Wildman–Crippen MR) is 127 cm³/mol. The Hall–Kier alpha value is -3.44. The maximum absolute atomic E-state index is 13.3. The molecule has 5 nitrogen and oxygen atoms in total. The molecule has 32 heavy (non-hydrogen) atoms. The molecule has 1 fully saturated rings. The van der Waals surface area contributed by atoms with E-state index in [9.17, 15) is 9.59 Å². The van der Waals surface area contributed by atoms with Gasteiger partial charge in [0, 0.05) is 29.2 Å². The van der Waals surface area contributed by atoms with Crippen LogP contribution in [0.2, 0.25) is 0 Å². The van der Waals surface area contributed by atoms with Crippen LogP contribution >= 0.6 is 0 Å². The lowest BCUT2D eigenvalue weighted by Gasteiger charge is -2.31. The van der Waals surface area contributed by atoms with Crippen molar-refractivity contribution < 1.29 is 9.59 Å². The Morgan fingerprint density at radius 2 is 1.91 bits per heavy atom. The van der Waals surface area contributed by atoms with Gasteiger partial charge in [-0.05, 0) is 47.9 Å². The van der Waals surface area contributed by atoms with Gasteiger partial charge >= 0.3 is 0 Å². The molecule has 2 unspecified atom stereocenters. The maximum atomic E-state index is 13.3. The van der Waals surface area contributed by atoms with Crippen molar-refractivity contribution in [2.45, 2.75) is 44.8 Å². The summed E-state index contributed by atoms with van der Waals surface area (Å²) >= 11 is 0. The second-order valence-electron chi connectivity index (χ2n) is 8.55. The Morgan fingerprint density at radius 3 is 2.66 bits per heavy atom. The third-order valence-electron chi connectivity index (χ3n) is 6.60. The van der Waals surface area contributed by atoms with Crippen LogP contribution in [0.25, 0.3) is 10.8 Å². The van der Waals surface area contributed by atoms with Gasteiger partial charge in [-0.3, -0.25) is 14.5 Å². The van der Waals surface area contributed by atoms with Gasteiger partial charge in [0.15, 0.2) is 0 Å². The number of carbonyl (C=O) groups is 2. The van der Waals surface area contributed by atoms with E-state index in [4.69, 9.17) is 0 Å². The van der Waals surface area contributed by atoms with Gasteiger partial charge in [0.25, 0.3) is 5.91 Å². The average Bonchev–Trinajstić information content (AvgIpc) is 3.09. The first-order chi connectivity index (χ1) is 15.6. The summed E-state index contributed by atoms with van der Waals surface area (Å²) in [6.07, 6.45) is 2.25. The molecule has 2 aliphatic rings. The van der Waals surface area contributed by atoms with Gasteiger partial charge in [-0.2, -0.15) is 0 Å². The van der Waals surface area contributed by atoms with Gasteiger partial charge in [0.2, 0.25) is 5.91 Å². The van der Waals surface area contributed by atoms with Crippen LogP contribution in [0.15, 0.2) is 72.9 Å². The monoisotopic (exact) mass is 425 g/mol. The Bertz CT molecular complexity index is 1220. The number of hydrogen-bond donors (Lipinski definition) is 2. The molecule has 0 radical (unpaired) electrons. The fourth-order valence-corrected chi connectivity index (χ4v) is 4.95. The van der Waals surface area contributed by atoms with Gasteiger partial charge in [-0.1, -0.05) is 62.0 Å². The van der Waals surface area contributed by atoms with E-state index >= 15 is 0 Å². The molecule has 1 saturated heterocycles. The Morgan fingerprint density at radius 1 is 1.09 bits per heavy atom. The van der Waals surface area contributed by atoms with Crippen molar-refractivity contribution in [3.05, 3.63) is 89.6 Å². The molecule has 0 aromatic heterocycles. The fraction of sp³-hybridized carbons (Fsp3) is 0.259. The van der Waals surface area contributed by atoms with Crippen LogP contribution in [-0.4, -0.2) is 17.9 Å². The molecular formula is C27H27N3O2. The summed E-state index contributed by atoms with van der Waals surface area (Å²) < 4.78 is 0. The van der Waals surface area contributed by atoms with Crippen molar-refractivity contribution in [2.24, 2.45) is 0 Å². The molecule has 3 aromatic carbocycles. The molecule has 3 aromatic rings. The SMILES string of the molecule is C=C1CCC(N2C(=O)c3ccc(CNC(CC)c4ccccc4)c4cccc2c34)C(=O)N1. The van der Waals surface area contributed by atoms with E-state index in [0.29, 0.717) is 30.6 Å². The summed E-state index contributed by atoms with van der Waals surface area (Å²) in [5.41, 5.74) is 4.63.